The number of aromatic hydroxyl groups is 1. The van der Waals surface area contributed by atoms with E-state index in [1.54, 1.807) is 13.1 Å². The normalized spacial score (nSPS) is 14.6. The van der Waals surface area contributed by atoms with E-state index >= 15 is 0 Å². The first-order valence-corrected chi connectivity index (χ1v) is 6.35. The smallest absolute Gasteiger partial charge is 0.240 e. The van der Waals surface area contributed by atoms with Gasteiger partial charge in [0.1, 0.15) is 11.0 Å². The summed E-state index contributed by atoms with van der Waals surface area (Å²) < 4.78 is 0. The summed E-state index contributed by atoms with van der Waals surface area (Å²) in [6.45, 7) is 2.49. The number of aliphatic hydroxyl groups is 2. The Bertz CT molecular complexity index is 584. The van der Waals surface area contributed by atoms with Crippen molar-refractivity contribution >= 4 is 17.0 Å². The highest BCUT2D eigenvalue weighted by atomic mass is 16.3. The first-order chi connectivity index (χ1) is 9.52. The van der Waals surface area contributed by atoms with E-state index in [-0.39, 0.29) is 24.4 Å². The van der Waals surface area contributed by atoms with Gasteiger partial charge in [-0.1, -0.05) is 0 Å². The van der Waals surface area contributed by atoms with Crippen molar-refractivity contribution in [2.75, 3.05) is 18.9 Å². The van der Waals surface area contributed by atoms with E-state index < -0.39 is 6.10 Å². The molecule has 2 aromatic heterocycles. The maximum atomic E-state index is 9.64. The number of nitrogens with two attached hydrogens (primary N) is 1. The molecule has 0 saturated carbocycles. The second-order valence-electron chi connectivity index (χ2n) is 4.76. The molecule has 2 aromatic rings. The number of aromatic nitrogens is 3. The molecule has 2 heterocycles. The van der Waals surface area contributed by atoms with Gasteiger partial charge in [0, 0.05) is 37.4 Å². The molecule has 0 radical (unpaired) electrons. The first kappa shape index (κ1) is 14.5. The predicted octanol–water partition coefficient (Wildman–Crippen LogP) is -0.675. The molecule has 0 aliphatic rings. The molecule has 8 heteroatoms. The van der Waals surface area contributed by atoms with Crippen LogP contribution < -0.4 is 11.1 Å². The van der Waals surface area contributed by atoms with Gasteiger partial charge in [0.2, 0.25) is 11.8 Å². The van der Waals surface area contributed by atoms with Crippen LogP contribution in [0.25, 0.3) is 11.0 Å². The zero-order chi connectivity index (χ0) is 14.7. The molecular weight excluding hydrogens is 262 g/mol. The molecule has 0 aromatic carbocycles. The van der Waals surface area contributed by atoms with Gasteiger partial charge < -0.3 is 31.4 Å². The van der Waals surface area contributed by atoms with Crippen LogP contribution in [-0.4, -0.2) is 49.5 Å². The number of rotatable bonds is 6. The van der Waals surface area contributed by atoms with Gasteiger partial charge in [0.15, 0.2) is 0 Å². The quantitative estimate of drug-likeness (QED) is 0.412. The van der Waals surface area contributed by atoms with E-state index in [0.29, 0.717) is 24.1 Å². The molecular formula is C12H19N5O3. The van der Waals surface area contributed by atoms with Gasteiger partial charge in [-0.15, -0.1) is 0 Å². The number of H-pyrrole nitrogens is 1. The number of nitrogens with zero attached hydrogens (tertiary/aromatic N) is 2. The van der Waals surface area contributed by atoms with Crippen molar-refractivity contribution in [1.29, 1.82) is 0 Å². The number of anilines is 1. The zero-order valence-corrected chi connectivity index (χ0v) is 11.2. The third kappa shape index (κ3) is 2.98. The molecule has 7 N–H and O–H groups in total. The average molecular weight is 281 g/mol. The number of aromatic amines is 1. The van der Waals surface area contributed by atoms with Crippen LogP contribution >= 0.6 is 0 Å². The second kappa shape index (κ2) is 6.04. The first-order valence-electron chi connectivity index (χ1n) is 6.35. The minimum atomic E-state index is -0.586. The summed E-state index contributed by atoms with van der Waals surface area (Å²) >= 11 is 0. The Morgan fingerprint density at radius 3 is 2.85 bits per heavy atom. The largest absolute Gasteiger partial charge is 0.492 e. The Morgan fingerprint density at radius 2 is 2.20 bits per heavy atom. The van der Waals surface area contributed by atoms with Gasteiger partial charge in [-0.05, 0) is 6.92 Å². The van der Waals surface area contributed by atoms with Crippen molar-refractivity contribution in [2.45, 2.75) is 19.6 Å². The van der Waals surface area contributed by atoms with Crippen LogP contribution in [0, 0.1) is 5.92 Å². The highest BCUT2D eigenvalue weighted by molar-refractivity contribution is 5.83. The standard InChI is InChI=1S/C12H19N5O3/c1-6(19)8(5-18)3-14-2-7-4-15-10-9(7)16-12(13)17-11(10)20/h4,6,8,14-15,18-19H,2-3,5H2,1H3,(H3,13,16,17,20). The number of fused-ring (bicyclic) bond motifs is 1. The van der Waals surface area contributed by atoms with E-state index in [1.165, 1.54) is 0 Å². The number of hydrogen-bond acceptors (Lipinski definition) is 7. The summed E-state index contributed by atoms with van der Waals surface area (Å²) in [6.07, 6.45) is 1.12. The van der Waals surface area contributed by atoms with Crippen LogP contribution in [0.15, 0.2) is 6.20 Å². The molecule has 0 spiro atoms. The summed E-state index contributed by atoms with van der Waals surface area (Å²) in [5, 5.41) is 31.3. The van der Waals surface area contributed by atoms with Gasteiger partial charge >= 0.3 is 0 Å². The number of nitrogen functional groups attached to an aromatic ring is 1. The molecule has 0 bridgehead atoms. The van der Waals surface area contributed by atoms with E-state index in [0.717, 1.165) is 5.56 Å². The van der Waals surface area contributed by atoms with Crippen LogP contribution in [0.5, 0.6) is 5.88 Å². The Morgan fingerprint density at radius 1 is 1.45 bits per heavy atom. The third-order valence-electron chi connectivity index (χ3n) is 3.24. The van der Waals surface area contributed by atoms with Gasteiger partial charge in [0.25, 0.3) is 0 Å². The fourth-order valence-corrected chi connectivity index (χ4v) is 1.97. The van der Waals surface area contributed by atoms with E-state index in [1.807, 2.05) is 0 Å². The summed E-state index contributed by atoms with van der Waals surface area (Å²) in [7, 11) is 0. The molecule has 110 valence electrons. The van der Waals surface area contributed by atoms with E-state index in [4.69, 9.17) is 10.8 Å². The van der Waals surface area contributed by atoms with Gasteiger partial charge in [-0.25, -0.2) is 4.98 Å². The third-order valence-corrected chi connectivity index (χ3v) is 3.24. The Labute approximate surface area is 115 Å². The molecule has 2 rings (SSSR count). The van der Waals surface area contributed by atoms with Crippen molar-refractivity contribution in [3.8, 4) is 5.88 Å². The number of hydrogen-bond donors (Lipinski definition) is 6. The van der Waals surface area contributed by atoms with Crippen molar-refractivity contribution < 1.29 is 15.3 Å². The van der Waals surface area contributed by atoms with Crippen molar-refractivity contribution in [3.05, 3.63) is 11.8 Å². The second-order valence-corrected chi connectivity index (χ2v) is 4.76. The lowest BCUT2D eigenvalue weighted by Gasteiger charge is -2.17. The van der Waals surface area contributed by atoms with Crippen LogP contribution in [0.1, 0.15) is 12.5 Å². The topological polar surface area (TPSA) is 140 Å². The Balaban J connectivity index is 2.07. The van der Waals surface area contributed by atoms with Crippen LogP contribution in [0.3, 0.4) is 0 Å². The summed E-state index contributed by atoms with van der Waals surface area (Å²) in [6, 6.07) is 0. The maximum Gasteiger partial charge on any atom is 0.240 e. The number of aliphatic hydroxyl groups excluding tert-OH is 2. The minimum absolute atomic E-state index is 0.00747. The monoisotopic (exact) mass is 281 g/mol. The van der Waals surface area contributed by atoms with Crippen LogP contribution in [0.2, 0.25) is 0 Å². The van der Waals surface area contributed by atoms with Crippen LogP contribution in [0.4, 0.5) is 5.95 Å². The van der Waals surface area contributed by atoms with Gasteiger partial charge in [-0.3, -0.25) is 0 Å². The molecule has 20 heavy (non-hydrogen) atoms. The van der Waals surface area contributed by atoms with E-state index in [2.05, 4.69) is 20.3 Å². The highest BCUT2D eigenvalue weighted by Crippen LogP contribution is 2.23. The zero-order valence-electron chi connectivity index (χ0n) is 11.2. The highest BCUT2D eigenvalue weighted by Gasteiger charge is 2.15. The fourth-order valence-electron chi connectivity index (χ4n) is 1.97. The molecule has 2 unspecified atom stereocenters. The molecule has 0 saturated heterocycles. The van der Waals surface area contributed by atoms with E-state index in [9.17, 15) is 10.2 Å². The minimum Gasteiger partial charge on any atom is -0.492 e. The van der Waals surface area contributed by atoms with Gasteiger partial charge in [-0.2, -0.15) is 4.98 Å². The maximum absolute atomic E-state index is 9.64. The number of nitrogens with one attached hydrogen (secondary N) is 2. The average Bonchev–Trinajstić information content (AvgIpc) is 2.77. The van der Waals surface area contributed by atoms with Crippen LogP contribution in [-0.2, 0) is 6.54 Å². The van der Waals surface area contributed by atoms with Gasteiger partial charge in [0.05, 0.1) is 6.10 Å². The summed E-state index contributed by atoms with van der Waals surface area (Å²) in [4.78, 5) is 10.6. The molecule has 0 amide bonds. The Kier molecular flexibility index (Phi) is 4.38. The van der Waals surface area contributed by atoms with Crippen molar-refractivity contribution in [3.63, 3.8) is 0 Å². The molecule has 0 aliphatic heterocycles. The summed E-state index contributed by atoms with van der Waals surface area (Å²) in [5.74, 6) is -0.405. The summed E-state index contributed by atoms with van der Waals surface area (Å²) in [5.41, 5.74) is 7.32. The molecule has 0 aliphatic carbocycles. The fraction of sp³-hybridized carbons (Fsp3) is 0.500. The van der Waals surface area contributed by atoms with Crippen molar-refractivity contribution in [2.24, 2.45) is 5.92 Å². The lowest BCUT2D eigenvalue weighted by molar-refractivity contribution is 0.0803. The predicted molar refractivity (Wildman–Crippen MR) is 73.9 cm³/mol. The lowest BCUT2D eigenvalue weighted by atomic mass is 10.1. The molecule has 2 atom stereocenters. The SMILES string of the molecule is CC(O)C(CO)CNCc1c[nH]c2c(O)nc(N)nc12. The van der Waals surface area contributed by atoms with Crippen molar-refractivity contribution in [1.82, 2.24) is 20.3 Å². The molecule has 0 fully saturated rings. The molecule has 8 nitrogen and oxygen atoms in total. The Hall–Kier alpha value is -1.90. The lowest BCUT2D eigenvalue weighted by Crippen LogP contribution is -2.32.